The quantitative estimate of drug-likeness (QED) is 0.887. The lowest BCUT2D eigenvalue weighted by Gasteiger charge is -2.35. The molecule has 0 unspecified atom stereocenters. The molecule has 1 saturated heterocycles. The van der Waals surface area contributed by atoms with Crippen LogP contribution in [-0.4, -0.2) is 23.0 Å². The van der Waals surface area contributed by atoms with Gasteiger partial charge in [0, 0.05) is 10.7 Å². The summed E-state index contributed by atoms with van der Waals surface area (Å²) in [6.07, 6.45) is 1.55. The van der Waals surface area contributed by atoms with Crippen molar-refractivity contribution in [1.29, 1.82) is 0 Å². The molecule has 3 N–H and O–H groups in total. The number of carbonyl (C=O) groups is 1. The minimum atomic E-state index is -0.598. The largest absolute Gasteiger partial charge is 0.371 e. The average molecular weight is 271 g/mol. The standard InChI is InChI=1S/C12H15ClN2OS/c13-9-1-3-10(4-2-9)15-12(11(14)16)5-7-17-8-6-12/h1-4,15H,5-8H2,(H2,14,16). The third kappa shape index (κ3) is 2.87. The van der Waals surface area contributed by atoms with E-state index >= 15 is 0 Å². The van der Waals surface area contributed by atoms with Crippen molar-refractivity contribution >= 4 is 35.0 Å². The van der Waals surface area contributed by atoms with E-state index in [1.165, 1.54) is 0 Å². The number of hydrogen-bond acceptors (Lipinski definition) is 3. The number of nitrogens with one attached hydrogen (secondary N) is 1. The first-order chi connectivity index (χ1) is 8.12. The van der Waals surface area contributed by atoms with Gasteiger partial charge in [-0.2, -0.15) is 11.8 Å². The second-order valence-corrected chi connectivity index (χ2v) is 5.85. The molecule has 1 fully saturated rings. The molecule has 0 aromatic heterocycles. The second kappa shape index (κ2) is 5.19. The number of rotatable bonds is 3. The topological polar surface area (TPSA) is 55.1 Å². The highest BCUT2D eigenvalue weighted by Crippen LogP contribution is 2.30. The number of amides is 1. The summed E-state index contributed by atoms with van der Waals surface area (Å²) in [6.45, 7) is 0. The van der Waals surface area contributed by atoms with Crippen LogP contribution in [0.3, 0.4) is 0 Å². The predicted octanol–water partition coefficient (Wildman–Crippen LogP) is 2.50. The fourth-order valence-electron chi connectivity index (χ4n) is 1.96. The second-order valence-electron chi connectivity index (χ2n) is 4.19. The molecule has 92 valence electrons. The van der Waals surface area contributed by atoms with Crippen molar-refractivity contribution in [2.45, 2.75) is 18.4 Å². The van der Waals surface area contributed by atoms with E-state index in [2.05, 4.69) is 5.32 Å². The number of thioether (sulfide) groups is 1. The van der Waals surface area contributed by atoms with Gasteiger partial charge in [-0.25, -0.2) is 0 Å². The zero-order valence-electron chi connectivity index (χ0n) is 9.41. The van der Waals surface area contributed by atoms with E-state index in [-0.39, 0.29) is 5.91 Å². The molecule has 0 radical (unpaired) electrons. The lowest BCUT2D eigenvalue weighted by molar-refractivity contribution is -0.122. The fourth-order valence-corrected chi connectivity index (χ4v) is 3.28. The van der Waals surface area contributed by atoms with Gasteiger partial charge in [-0.3, -0.25) is 4.79 Å². The van der Waals surface area contributed by atoms with Gasteiger partial charge in [0.15, 0.2) is 0 Å². The molecule has 0 aliphatic carbocycles. The van der Waals surface area contributed by atoms with Crippen LogP contribution >= 0.6 is 23.4 Å². The predicted molar refractivity (Wildman–Crippen MR) is 73.6 cm³/mol. The van der Waals surface area contributed by atoms with Crippen LogP contribution in [0.15, 0.2) is 24.3 Å². The van der Waals surface area contributed by atoms with Crippen molar-refractivity contribution in [2.24, 2.45) is 5.73 Å². The van der Waals surface area contributed by atoms with Crippen LogP contribution in [0, 0.1) is 0 Å². The van der Waals surface area contributed by atoms with Crippen LogP contribution < -0.4 is 11.1 Å². The summed E-state index contributed by atoms with van der Waals surface area (Å²) in [5.74, 6) is 1.65. The van der Waals surface area contributed by atoms with E-state index in [0.29, 0.717) is 5.02 Å². The lowest BCUT2D eigenvalue weighted by Crippen LogP contribution is -2.52. The van der Waals surface area contributed by atoms with Gasteiger partial charge in [-0.05, 0) is 48.6 Å². The molecule has 0 bridgehead atoms. The number of carbonyl (C=O) groups excluding carboxylic acids is 1. The fraction of sp³-hybridized carbons (Fsp3) is 0.417. The third-order valence-corrected chi connectivity index (χ3v) is 4.28. The minimum absolute atomic E-state index is 0.271. The van der Waals surface area contributed by atoms with Gasteiger partial charge in [-0.15, -0.1) is 0 Å². The normalized spacial score (nSPS) is 18.6. The maximum absolute atomic E-state index is 11.7. The molecule has 1 aliphatic rings. The van der Waals surface area contributed by atoms with Crippen molar-refractivity contribution in [3.05, 3.63) is 29.3 Å². The summed E-state index contributed by atoms with van der Waals surface area (Å²) in [6, 6.07) is 7.34. The molecule has 17 heavy (non-hydrogen) atoms. The Morgan fingerprint density at radius 1 is 1.29 bits per heavy atom. The number of halogens is 1. The molecule has 1 aromatic rings. The Bertz CT molecular complexity index is 401. The van der Waals surface area contributed by atoms with Crippen LogP contribution in [0.4, 0.5) is 5.69 Å². The van der Waals surface area contributed by atoms with Gasteiger partial charge in [0.05, 0.1) is 0 Å². The van der Waals surface area contributed by atoms with Gasteiger partial charge >= 0.3 is 0 Å². The summed E-state index contributed by atoms with van der Waals surface area (Å²) >= 11 is 7.69. The Kier molecular flexibility index (Phi) is 3.84. The summed E-state index contributed by atoms with van der Waals surface area (Å²) in [4.78, 5) is 11.7. The van der Waals surface area contributed by atoms with Gasteiger partial charge in [0.2, 0.25) is 5.91 Å². The monoisotopic (exact) mass is 270 g/mol. The highest BCUT2D eigenvalue weighted by atomic mass is 35.5. The number of primary amides is 1. The smallest absolute Gasteiger partial charge is 0.243 e. The van der Waals surface area contributed by atoms with Gasteiger partial charge < -0.3 is 11.1 Å². The van der Waals surface area contributed by atoms with Crippen molar-refractivity contribution < 1.29 is 4.79 Å². The van der Waals surface area contributed by atoms with E-state index in [1.807, 2.05) is 23.9 Å². The minimum Gasteiger partial charge on any atom is -0.371 e. The van der Waals surface area contributed by atoms with Crippen LogP contribution in [0.25, 0.3) is 0 Å². The van der Waals surface area contributed by atoms with E-state index in [0.717, 1.165) is 30.0 Å². The molecule has 1 aromatic carbocycles. The molecule has 1 amide bonds. The number of benzene rings is 1. The Morgan fingerprint density at radius 3 is 2.41 bits per heavy atom. The molecular formula is C12H15ClN2OS. The first kappa shape index (κ1) is 12.6. The van der Waals surface area contributed by atoms with Crippen LogP contribution in [0.1, 0.15) is 12.8 Å². The van der Waals surface area contributed by atoms with E-state index in [9.17, 15) is 4.79 Å². The molecule has 5 heteroatoms. The van der Waals surface area contributed by atoms with E-state index in [1.54, 1.807) is 12.1 Å². The molecular weight excluding hydrogens is 256 g/mol. The highest BCUT2D eigenvalue weighted by molar-refractivity contribution is 7.99. The molecule has 1 heterocycles. The van der Waals surface area contributed by atoms with Crippen molar-refractivity contribution in [3.8, 4) is 0 Å². The molecule has 0 atom stereocenters. The van der Waals surface area contributed by atoms with Crippen molar-refractivity contribution in [3.63, 3.8) is 0 Å². The third-order valence-electron chi connectivity index (χ3n) is 3.05. The van der Waals surface area contributed by atoms with Gasteiger partial charge in [0.1, 0.15) is 5.54 Å². The summed E-state index contributed by atoms with van der Waals surface area (Å²) in [5.41, 5.74) is 5.83. The first-order valence-electron chi connectivity index (χ1n) is 5.54. The van der Waals surface area contributed by atoms with Crippen molar-refractivity contribution in [2.75, 3.05) is 16.8 Å². The maximum atomic E-state index is 11.7. The van der Waals surface area contributed by atoms with Gasteiger partial charge in [0.25, 0.3) is 0 Å². The summed E-state index contributed by atoms with van der Waals surface area (Å²) < 4.78 is 0. The zero-order valence-corrected chi connectivity index (χ0v) is 11.0. The Hall–Kier alpha value is -0.870. The number of hydrogen-bond donors (Lipinski definition) is 2. The molecule has 3 nitrogen and oxygen atoms in total. The maximum Gasteiger partial charge on any atom is 0.243 e. The average Bonchev–Trinajstić information content (AvgIpc) is 2.33. The van der Waals surface area contributed by atoms with Crippen molar-refractivity contribution in [1.82, 2.24) is 0 Å². The van der Waals surface area contributed by atoms with Crippen LogP contribution in [0.2, 0.25) is 5.02 Å². The number of anilines is 1. The SMILES string of the molecule is NC(=O)C1(Nc2ccc(Cl)cc2)CCSCC1. The first-order valence-corrected chi connectivity index (χ1v) is 7.07. The van der Waals surface area contributed by atoms with Crippen LogP contribution in [0.5, 0.6) is 0 Å². The van der Waals surface area contributed by atoms with E-state index < -0.39 is 5.54 Å². The Morgan fingerprint density at radius 2 is 1.88 bits per heavy atom. The molecule has 1 aliphatic heterocycles. The molecule has 0 saturated carbocycles. The Labute approximate surface area is 110 Å². The lowest BCUT2D eigenvalue weighted by atomic mass is 9.91. The summed E-state index contributed by atoms with van der Waals surface area (Å²) in [5, 5.41) is 3.96. The molecule has 2 rings (SSSR count). The highest BCUT2D eigenvalue weighted by Gasteiger charge is 2.37. The Balaban J connectivity index is 2.17. The van der Waals surface area contributed by atoms with Gasteiger partial charge in [-0.1, -0.05) is 11.6 Å². The summed E-state index contributed by atoms with van der Waals surface area (Å²) in [7, 11) is 0. The van der Waals surface area contributed by atoms with Crippen LogP contribution in [-0.2, 0) is 4.79 Å². The zero-order chi connectivity index (χ0) is 12.3. The number of nitrogens with two attached hydrogens (primary N) is 1. The van der Waals surface area contributed by atoms with E-state index in [4.69, 9.17) is 17.3 Å². The molecule has 0 spiro atoms.